The summed E-state index contributed by atoms with van der Waals surface area (Å²) < 4.78 is 5.41. The molecule has 0 radical (unpaired) electrons. The molecule has 0 aromatic heterocycles. The molecule has 0 saturated carbocycles. The van der Waals surface area contributed by atoms with Crippen LogP contribution in [0.5, 0.6) is 5.75 Å². The number of nitrogens with one attached hydrogen (secondary N) is 1. The Morgan fingerprint density at radius 1 is 0.941 bits per heavy atom. The first kappa shape index (κ1) is 23.3. The van der Waals surface area contributed by atoms with Crippen LogP contribution in [0.1, 0.15) is 34.0 Å². The second-order valence-corrected chi connectivity index (χ2v) is 8.39. The maximum atomic E-state index is 13.0. The van der Waals surface area contributed by atoms with E-state index in [0.717, 1.165) is 28.0 Å². The first-order valence-corrected chi connectivity index (χ1v) is 11.2. The van der Waals surface area contributed by atoms with Gasteiger partial charge in [0.2, 0.25) is 0 Å². The first-order valence-electron chi connectivity index (χ1n) is 10.8. The third-order valence-corrected chi connectivity index (χ3v) is 5.92. The number of carbonyl (C=O) groups excluding carboxylic acids is 3. The topological polar surface area (TPSA) is 75.7 Å². The lowest BCUT2D eigenvalue weighted by molar-refractivity contribution is -0.120. The number of halogens is 1. The van der Waals surface area contributed by atoms with E-state index < -0.39 is 17.8 Å². The van der Waals surface area contributed by atoms with E-state index in [2.05, 4.69) is 12.2 Å². The van der Waals surface area contributed by atoms with Crippen molar-refractivity contribution in [2.75, 3.05) is 10.2 Å². The fourth-order valence-corrected chi connectivity index (χ4v) is 3.80. The van der Waals surface area contributed by atoms with Crippen LogP contribution in [0.2, 0.25) is 0 Å². The summed E-state index contributed by atoms with van der Waals surface area (Å²) in [7, 11) is 0. The molecule has 0 bridgehead atoms. The van der Waals surface area contributed by atoms with E-state index in [0.29, 0.717) is 22.7 Å². The number of rotatable bonds is 6. The van der Waals surface area contributed by atoms with Gasteiger partial charge in [-0.1, -0.05) is 42.8 Å². The fraction of sp³-hybridized carbons (Fsp3) is 0.148. The molecule has 0 fully saturated rings. The molecule has 172 valence electrons. The highest BCUT2D eigenvalue weighted by atomic mass is 35.5. The van der Waals surface area contributed by atoms with Crippen LogP contribution in [0, 0.1) is 13.8 Å². The molecule has 0 unspecified atom stereocenters. The standard InChI is InChI=1S/C27H23ClN2O4/c1-4-18-7-13-21(14-8-18)34-27(33)19-9-11-20(12-10-19)29-24-23(28)25(31)30(26(24)32)22-15-16(2)5-6-17(22)3/h5-15,29H,4H2,1-3H3. The van der Waals surface area contributed by atoms with Crippen molar-refractivity contribution in [2.24, 2.45) is 0 Å². The Balaban J connectivity index is 1.48. The highest BCUT2D eigenvalue weighted by Gasteiger charge is 2.39. The van der Waals surface area contributed by atoms with E-state index in [4.69, 9.17) is 16.3 Å². The summed E-state index contributed by atoms with van der Waals surface area (Å²) in [5.74, 6) is -1.16. The number of hydrogen-bond donors (Lipinski definition) is 1. The number of ether oxygens (including phenoxy) is 1. The maximum Gasteiger partial charge on any atom is 0.343 e. The largest absolute Gasteiger partial charge is 0.423 e. The normalized spacial score (nSPS) is 13.5. The van der Waals surface area contributed by atoms with Gasteiger partial charge in [0.1, 0.15) is 16.5 Å². The molecule has 1 aliphatic heterocycles. The lowest BCUT2D eigenvalue weighted by atomic mass is 10.1. The summed E-state index contributed by atoms with van der Waals surface area (Å²) in [6, 6.07) is 19.2. The SMILES string of the molecule is CCc1ccc(OC(=O)c2ccc(NC3=C(Cl)C(=O)N(c4cc(C)ccc4C)C3=O)cc2)cc1. The summed E-state index contributed by atoms with van der Waals surface area (Å²) in [4.78, 5) is 39.3. The van der Waals surface area contributed by atoms with Gasteiger partial charge >= 0.3 is 5.97 Å². The fourth-order valence-electron chi connectivity index (χ4n) is 3.58. The molecule has 3 aromatic rings. The van der Waals surface area contributed by atoms with Crippen LogP contribution in [0.4, 0.5) is 11.4 Å². The number of aryl methyl sites for hydroxylation is 3. The second kappa shape index (κ2) is 9.53. The van der Waals surface area contributed by atoms with Crippen LogP contribution in [-0.4, -0.2) is 17.8 Å². The van der Waals surface area contributed by atoms with Gasteiger partial charge in [-0.3, -0.25) is 9.59 Å². The number of hydrogen-bond acceptors (Lipinski definition) is 5. The van der Waals surface area contributed by atoms with Gasteiger partial charge in [-0.25, -0.2) is 9.69 Å². The summed E-state index contributed by atoms with van der Waals surface area (Å²) in [6.07, 6.45) is 0.902. The summed E-state index contributed by atoms with van der Waals surface area (Å²) >= 11 is 6.23. The van der Waals surface area contributed by atoms with Crippen molar-refractivity contribution in [3.63, 3.8) is 0 Å². The van der Waals surface area contributed by atoms with E-state index in [1.54, 1.807) is 42.5 Å². The van der Waals surface area contributed by atoms with E-state index in [1.807, 2.05) is 38.1 Å². The lowest BCUT2D eigenvalue weighted by Crippen LogP contribution is -2.32. The minimum Gasteiger partial charge on any atom is -0.423 e. The van der Waals surface area contributed by atoms with E-state index in [-0.39, 0.29) is 10.7 Å². The molecule has 1 N–H and O–H groups in total. The minimum atomic E-state index is -0.586. The summed E-state index contributed by atoms with van der Waals surface area (Å²) in [6.45, 7) is 5.76. The number of benzene rings is 3. The molecule has 0 spiro atoms. The van der Waals surface area contributed by atoms with Gasteiger partial charge in [0.15, 0.2) is 0 Å². The van der Waals surface area contributed by atoms with Gasteiger partial charge in [-0.05, 0) is 79.4 Å². The van der Waals surface area contributed by atoms with E-state index in [1.165, 1.54) is 0 Å². The van der Waals surface area contributed by atoms with Gasteiger partial charge < -0.3 is 10.1 Å². The van der Waals surface area contributed by atoms with Crippen molar-refractivity contribution in [3.05, 3.63) is 99.7 Å². The molecule has 0 aliphatic carbocycles. The zero-order valence-corrected chi connectivity index (χ0v) is 19.8. The Hall–Kier alpha value is -3.90. The average Bonchev–Trinajstić information content (AvgIpc) is 3.04. The Kier molecular flexibility index (Phi) is 6.52. The lowest BCUT2D eigenvalue weighted by Gasteiger charge is -2.18. The minimum absolute atomic E-state index is 0.0149. The molecule has 34 heavy (non-hydrogen) atoms. The van der Waals surface area contributed by atoms with Crippen molar-refractivity contribution < 1.29 is 19.1 Å². The quantitative estimate of drug-likeness (QED) is 0.289. The van der Waals surface area contributed by atoms with Crippen molar-refractivity contribution in [1.29, 1.82) is 0 Å². The highest BCUT2D eigenvalue weighted by molar-refractivity contribution is 6.53. The summed E-state index contributed by atoms with van der Waals surface area (Å²) in [5.41, 5.74) is 4.18. The third-order valence-electron chi connectivity index (χ3n) is 5.56. The molecule has 1 aliphatic rings. The summed E-state index contributed by atoms with van der Waals surface area (Å²) in [5, 5.41) is 2.73. The molecule has 6 nitrogen and oxygen atoms in total. The second-order valence-electron chi connectivity index (χ2n) is 8.01. The Morgan fingerprint density at radius 3 is 2.26 bits per heavy atom. The van der Waals surface area contributed by atoms with Gasteiger partial charge in [0, 0.05) is 5.69 Å². The third kappa shape index (κ3) is 4.58. The molecule has 7 heteroatoms. The van der Waals surface area contributed by atoms with Crippen LogP contribution < -0.4 is 15.0 Å². The average molecular weight is 475 g/mol. The Labute approximate surface area is 202 Å². The van der Waals surface area contributed by atoms with Crippen molar-refractivity contribution in [2.45, 2.75) is 27.2 Å². The molecule has 2 amide bonds. The van der Waals surface area contributed by atoms with Gasteiger partial charge in [-0.2, -0.15) is 0 Å². The molecular formula is C27H23ClN2O4. The van der Waals surface area contributed by atoms with Gasteiger partial charge in [-0.15, -0.1) is 0 Å². The van der Waals surface area contributed by atoms with Gasteiger partial charge in [0.05, 0.1) is 11.3 Å². The Morgan fingerprint density at radius 2 is 1.62 bits per heavy atom. The maximum absolute atomic E-state index is 13.0. The number of anilines is 2. The first-order chi connectivity index (χ1) is 16.3. The number of amides is 2. The number of nitrogens with zero attached hydrogens (tertiary/aromatic N) is 1. The van der Waals surface area contributed by atoms with Crippen LogP contribution in [-0.2, 0) is 16.0 Å². The van der Waals surface area contributed by atoms with Crippen LogP contribution in [0.3, 0.4) is 0 Å². The van der Waals surface area contributed by atoms with Crippen LogP contribution in [0.15, 0.2) is 77.5 Å². The molecule has 0 atom stereocenters. The number of imide groups is 1. The zero-order valence-electron chi connectivity index (χ0n) is 19.0. The molecule has 0 saturated heterocycles. The molecule has 1 heterocycles. The van der Waals surface area contributed by atoms with Gasteiger partial charge in [0.25, 0.3) is 11.8 Å². The van der Waals surface area contributed by atoms with Crippen molar-refractivity contribution in [3.8, 4) is 5.75 Å². The predicted octanol–water partition coefficient (Wildman–Crippen LogP) is 5.52. The van der Waals surface area contributed by atoms with Crippen LogP contribution >= 0.6 is 11.6 Å². The molecular weight excluding hydrogens is 452 g/mol. The number of esters is 1. The molecule has 4 rings (SSSR count). The zero-order chi connectivity index (χ0) is 24.4. The van der Waals surface area contributed by atoms with E-state index in [9.17, 15) is 14.4 Å². The molecule has 3 aromatic carbocycles. The van der Waals surface area contributed by atoms with E-state index >= 15 is 0 Å². The smallest absolute Gasteiger partial charge is 0.343 e. The highest BCUT2D eigenvalue weighted by Crippen LogP contribution is 2.32. The predicted molar refractivity (Wildman–Crippen MR) is 132 cm³/mol. The number of carbonyl (C=O) groups is 3. The van der Waals surface area contributed by atoms with Crippen molar-refractivity contribution >= 4 is 40.8 Å². The van der Waals surface area contributed by atoms with Crippen molar-refractivity contribution in [1.82, 2.24) is 0 Å². The van der Waals surface area contributed by atoms with Crippen LogP contribution in [0.25, 0.3) is 0 Å². The Bertz CT molecular complexity index is 1310. The monoisotopic (exact) mass is 474 g/mol.